The quantitative estimate of drug-likeness (QED) is 0.0295. The van der Waals surface area contributed by atoms with Gasteiger partial charge >= 0.3 is 0 Å². The summed E-state index contributed by atoms with van der Waals surface area (Å²) in [6.07, 6.45) is 16.7. The molecule has 10 aromatic rings. The number of aliphatic hydroxyl groups is 2. The van der Waals surface area contributed by atoms with Gasteiger partial charge in [0.15, 0.2) is 28.5 Å². The molecule has 6 aliphatic carbocycles. The molecule has 14 atom stereocenters. The number of phenolic OH excluding ortho intramolecular Hbond substituents is 1. The largest absolute Gasteiger partial charge is 0.508 e. The molecular formula is C92H86N6O8. The van der Waals surface area contributed by atoms with Crippen LogP contribution in [0.15, 0.2) is 172 Å². The second-order valence-corrected chi connectivity index (χ2v) is 32.3. The summed E-state index contributed by atoms with van der Waals surface area (Å²) in [5.74, 6) is 18.5. The Kier molecular flexibility index (Phi) is 15.2. The number of phenols is 1. The third-order valence-electron chi connectivity index (χ3n) is 26.9. The number of fused-ring (bicyclic) bond motifs is 11. The Morgan fingerprint density at radius 3 is 2.55 bits per heavy atom. The van der Waals surface area contributed by atoms with Crippen LogP contribution in [0, 0.1) is 59.2 Å². The van der Waals surface area contributed by atoms with Gasteiger partial charge in [-0.2, -0.15) is 0 Å². The van der Waals surface area contributed by atoms with Crippen LogP contribution < -0.4 is 41.3 Å². The summed E-state index contributed by atoms with van der Waals surface area (Å²) in [4.78, 5) is 28.1. The van der Waals surface area contributed by atoms with E-state index in [1.165, 1.54) is 55.6 Å². The van der Waals surface area contributed by atoms with Crippen molar-refractivity contribution in [2.24, 2.45) is 52.0 Å². The van der Waals surface area contributed by atoms with E-state index in [1.54, 1.807) is 37.5 Å². The zero-order valence-electron chi connectivity index (χ0n) is 59.8. The van der Waals surface area contributed by atoms with E-state index in [0.717, 1.165) is 90.6 Å². The highest BCUT2D eigenvalue weighted by Crippen LogP contribution is 2.71. The van der Waals surface area contributed by atoms with Gasteiger partial charge in [-0.25, -0.2) is 4.99 Å². The number of anilines is 1. The molecule has 14 bridgehead atoms. The zero-order valence-corrected chi connectivity index (χ0v) is 59.8. The number of rotatable bonds is 10. The van der Waals surface area contributed by atoms with E-state index in [1.807, 2.05) is 36.4 Å². The number of aromatic nitrogens is 1. The zero-order chi connectivity index (χ0) is 71.5. The van der Waals surface area contributed by atoms with Gasteiger partial charge in [0, 0.05) is 88.9 Å². The number of allylic oxidation sites excluding steroid dienone is 1. The van der Waals surface area contributed by atoms with Crippen LogP contribution in [0.1, 0.15) is 126 Å². The summed E-state index contributed by atoms with van der Waals surface area (Å²) in [6, 6.07) is 49.4. The molecule has 11 aliphatic rings. The fraction of sp³-hybridized carbons (Fsp3) is 0.348. The lowest BCUT2D eigenvalue weighted by Gasteiger charge is -2.53. The smallest absolute Gasteiger partial charge is 0.204 e. The maximum Gasteiger partial charge on any atom is 0.204 e. The van der Waals surface area contributed by atoms with Crippen LogP contribution in [-0.4, -0.2) is 84.5 Å². The molecule has 0 radical (unpaired) electrons. The number of methoxy groups -OCH3 is 1. The van der Waals surface area contributed by atoms with Crippen LogP contribution in [0.4, 0.5) is 11.5 Å². The molecule has 106 heavy (non-hydrogen) atoms. The number of aliphatic hydroxyl groups excluding tert-OH is 2. The predicted octanol–water partition coefficient (Wildman–Crippen LogP) is 14.9. The first-order valence-corrected chi connectivity index (χ1v) is 38.3. The molecule has 2 spiro atoms. The Hall–Kier alpha value is -10.5. The van der Waals surface area contributed by atoms with Gasteiger partial charge in [-0.1, -0.05) is 152 Å². The van der Waals surface area contributed by atoms with Gasteiger partial charge < -0.3 is 60.6 Å². The van der Waals surface area contributed by atoms with E-state index in [9.17, 15) is 15.3 Å². The van der Waals surface area contributed by atoms with E-state index >= 15 is 4.79 Å². The van der Waals surface area contributed by atoms with Crippen LogP contribution in [0.2, 0.25) is 0 Å². The van der Waals surface area contributed by atoms with Crippen molar-refractivity contribution in [1.82, 2.24) is 10.3 Å². The van der Waals surface area contributed by atoms with Gasteiger partial charge in [0.25, 0.3) is 0 Å². The summed E-state index contributed by atoms with van der Waals surface area (Å²) in [5, 5.41) is 43.9. The molecule has 3 saturated carbocycles. The minimum atomic E-state index is -0.914. The number of hydrogen-bond donors (Lipinski definition) is 7. The number of nitrogens with one attached hydrogen (secondary N) is 2. The SMILES string of the molecule is COc1c2c(c3oc(-c4ccc(O)cc4)cc(=O)c3c1OCC[C@@H](O)/C=C/c1ccccc1)[C@@H]1C#C[C@H]3NCCN4c5[nH]c(cc5-c5cccc(c5)C1)[C@@]1(C)[C@H]5CC[C@@H]1[C@@H](C#C[C@H]1[C@H]6C=Cc7ccc8cc9cccc%10c9c9c8c7[C@]6(C[C@H]9CC%10)C[C@]1(c1ccc(c(N=C(N)N)c1)C[C@H](CO)CO2)[C@@H]34)CC5. The highest BCUT2D eigenvalue weighted by Gasteiger charge is 2.69. The van der Waals surface area contributed by atoms with E-state index in [2.05, 4.69) is 143 Å². The second-order valence-electron chi connectivity index (χ2n) is 32.3. The molecule has 9 N–H and O–H groups in total. The van der Waals surface area contributed by atoms with Gasteiger partial charge in [-0.15, -0.1) is 0 Å². The van der Waals surface area contributed by atoms with Gasteiger partial charge in [-0.3, -0.25) is 4.79 Å². The molecule has 14 nitrogen and oxygen atoms in total. The van der Waals surface area contributed by atoms with E-state index in [4.69, 9.17) is 35.1 Å². The number of ether oxygens (including phenoxy) is 3. The molecule has 1 saturated heterocycles. The molecule has 532 valence electrons. The summed E-state index contributed by atoms with van der Waals surface area (Å²) < 4.78 is 28.2. The Labute approximate surface area is 616 Å². The van der Waals surface area contributed by atoms with Crippen molar-refractivity contribution in [2.45, 2.75) is 124 Å². The summed E-state index contributed by atoms with van der Waals surface area (Å²) in [6.45, 7) is 3.42. The average Bonchev–Trinajstić information content (AvgIpc) is 1.53. The predicted molar refractivity (Wildman–Crippen MR) is 418 cm³/mol. The van der Waals surface area contributed by atoms with Gasteiger partial charge in [-0.05, 0) is 196 Å². The first-order chi connectivity index (χ1) is 51.8. The first kappa shape index (κ1) is 65.1. The number of guanidine groups is 1. The highest BCUT2D eigenvalue weighted by molar-refractivity contribution is 6.08. The Bertz CT molecular complexity index is 5610. The molecule has 14 heteroatoms. The summed E-state index contributed by atoms with van der Waals surface area (Å²) in [7, 11) is 1.54. The number of aromatic hydroxyl groups is 1. The van der Waals surface area contributed by atoms with Crippen LogP contribution in [0.3, 0.4) is 0 Å². The molecule has 7 heterocycles. The van der Waals surface area contributed by atoms with E-state index in [-0.39, 0.29) is 95.1 Å². The Morgan fingerprint density at radius 2 is 1.69 bits per heavy atom. The normalized spacial score (nSPS) is 28.2. The fourth-order valence-corrected chi connectivity index (χ4v) is 22.4. The minimum absolute atomic E-state index is 0.0374. The van der Waals surface area contributed by atoms with Crippen molar-refractivity contribution < 1.29 is 33.9 Å². The molecule has 0 unspecified atom stereocenters. The number of benzene rings is 8. The lowest BCUT2D eigenvalue weighted by atomic mass is 9.55. The maximum absolute atomic E-state index is 15.8. The third kappa shape index (κ3) is 9.89. The van der Waals surface area contributed by atoms with Crippen LogP contribution in [0.5, 0.6) is 23.0 Å². The van der Waals surface area contributed by atoms with E-state index in [0.29, 0.717) is 60.5 Å². The van der Waals surface area contributed by atoms with Crippen molar-refractivity contribution in [1.29, 1.82) is 0 Å². The van der Waals surface area contributed by atoms with Crippen LogP contribution in [0.25, 0.3) is 67.1 Å². The number of aromatic amines is 1. The lowest BCUT2D eigenvalue weighted by Crippen LogP contribution is -2.67. The fourth-order valence-electron chi connectivity index (χ4n) is 22.4. The average molecular weight is 1400 g/mol. The lowest BCUT2D eigenvalue weighted by molar-refractivity contribution is 0.152. The Morgan fingerprint density at radius 1 is 0.830 bits per heavy atom. The molecule has 21 rings (SSSR count). The minimum Gasteiger partial charge on any atom is -0.508 e. The number of nitrogens with two attached hydrogens (primary N) is 2. The van der Waals surface area contributed by atoms with Gasteiger partial charge in [0.2, 0.25) is 5.75 Å². The van der Waals surface area contributed by atoms with Gasteiger partial charge in [0.1, 0.15) is 22.7 Å². The number of piperazine rings is 1. The molecule has 8 aromatic carbocycles. The van der Waals surface area contributed by atoms with Crippen molar-refractivity contribution >= 4 is 62.1 Å². The molecule has 5 aliphatic heterocycles. The van der Waals surface area contributed by atoms with Crippen molar-refractivity contribution in [3.63, 3.8) is 0 Å². The maximum atomic E-state index is 15.8. The third-order valence-corrected chi connectivity index (χ3v) is 26.9. The summed E-state index contributed by atoms with van der Waals surface area (Å²) >= 11 is 0. The summed E-state index contributed by atoms with van der Waals surface area (Å²) in [5.41, 5.74) is 26.4. The van der Waals surface area contributed by atoms with E-state index < -0.39 is 46.3 Å². The number of H-pyrrole nitrogens is 1. The number of aryl methyl sites for hydroxylation is 1. The van der Waals surface area contributed by atoms with Crippen molar-refractivity contribution in [2.75, 3.05) is 44.9 Å². The van der Waals surface area contributed by atoms with Gasteiger partial charge in [0.05, 0.1) is 55.7 Å². The van der Waals surface area contributed by atoms with Crippen molar-refractivity contribution in [3.05, 3.63) is 224 Å². The topological polar surface area (TPSA) is 214 Å². The number of nitrogens with zero attached hydrogens (tertiary/aromatic N) is 2. The standard InChI is InChI=1S/C92H86N6O8/c1-90-64-26-19-54(69(90)34-28-64)23-33-71-70-32-24-57-16-17-62-43-60-13-7-11-56-15-18-63-47-91(70,82(57)79(62)78(63)77(56)60)50-92(71)65-27-20-59(73(44-65)96-89(93)94)42-53(48-99)49-105-84-80(61-25-35-72-87(92)98(38-37-95-72)88-68(45-76(90)97-88)58-12-6-10-52(40-58)41-61)83-81(74(102)46-75(106-83)55-21-30-66(100)31-22-55)85(86(84)103-2)104-39-36-67(101)29-14-51-8-4-3-5-9-51/h3-14,16-17,20-22,24,27,29-32,40,43-46,53-54,61,63-64,67,69-72,87,95,97,99-101H,15,18-19,26,28,34,36-39,41-42,47-50H2,1-2H3,(H4,93,94,96)/b29-14+/t53-,54-,61-,63-,64-,67+,69-,70-,71+,72-,87-,90+,91-,92-/m1/s1. The monoisotopic (exact) mass is 1400 g/mol. The number of aliphatic imine (C=N–C) groups is 1. The van der Waals surface area contributed by atoms with Crippen LogP contribution in [-0.2, 0) is 35.5 Å². The molecule has 4 fully saturated rings. The first-order valence-electron chi connectivity index (χ1n) is 38.3. The highest BCUT2D eigenvalue weighted by atomic mass is 16.5. The van der Waals surface area contributed by atoms with Crippen molar-refractivity contribution in [3.8, 4) is 69.1 Å². The molecule has 2 aromatic heterocycles. The second kappa shape index (κ2) is 24.8. The van der Waals surface area contributed by atoms with Crippen LogP contribution >= 0.6 is 0 Å². The Balaban J connectivity index is 0.886. The molecular weight excluding hydrogens is 1320 g/mol. The number of hydrogen-bond acceptors (Lipinski definition) is 11. The molecule has 0 amide bonds.